The Balaban J connectivity index is 2.98. The van der Waals surface area contributed by atoms with Crippen LogP contribution in [0.3, 0.4) is 0 Å². The Kier molecular flexibility index (Phi) is 4.47. The summed E-state index contributed by atoms with van der Waals surface area (Å²) >= 11 is 0. The standard InChI is InChI=1S/C13H20NO2/c1-10(2)8-13-6-5-7-14(11(13)3)12(4)16-9-15/h5-7,9-10,12H,8H2,1-4H3/q+1. The van der Waals surface area contributed by atoms with Crippen molar-refractivity contribution in [2.24, 2.45) is 5.92 Å². The average molecular weight is 222 g/mol. The number of nitrogens with zero attached hydrogens (tertiary/aromatic N) is 1. The van der Waals surface area contributed by atoms with Gasteiger partial charge in [0.25, 0.3) is 6.47 Å². The molecule has 0 aromatic carbocycles. The first-order valence-corrected chi connectivity index (χ1v) is 5.65. The van der Waals surface area contributed by atoms with Gasteiger partial charge in [-0.05, 0) is 18.4 Å². The second-order valence-corrected chi connectivity index (χ2v) is 4.46. The molecule has 0 amide bonds. The second kappa shape index (κ2) is 5.64. The lowest BCUT2D eigenvalue weighted by Crippen LogP contribution is -2.42. The van der Waals surface area contributed by atoms with Crippen LogP contribution in [0.25, 0.3) is 0 Å². The van der Waals surface area contributed by atoms with E-state index in [1.54, 1.807) is 0 Å². The van der Waals surface area contributed by atoms with E-state index in [9.17, 15) is 4.79 Å². The highest BCUT2D eigenvalue weighted by Crippen LogP contribution is 2.11. The topological polar surface area (TPSA) is 30.2 Å². The van der Waals surface area contributed by atoms with Crippen molar-refractivity contribution in [1.29, 1.82) is 0 Å². The summed E-state index contributed by atoms with van der Waals surface area (Å²) in [5.41, 5.74) is 2.46. The molecular formula is C13H20NO2+. The molecule has 1 rings (SSSR count). The van der Waals surface area contributed by atoms with E-state index in [1.165, 1.54) is 5.56 Å². The molecule has 0 radical (unpaired) electrons. The molecule has 16 heavy (non-hydrogen) atoms. The Morgan fingerprint density at radius 3 is 2.69 bits per heavy atom. The van der Waals surface area contributed by atoms with Crippen molar-refractivity contribution in [3.05, 3.63) is 29.6 Å². The van der Waals surface area contributed by atoms with Crippen molar-refractivity contribution in [3.63, 3.8) is 0 Å². The van der Waals surface area contributed by atoms with Crippen molar-refractivity contribution in [2.75, 3.05) is 0 Å². The fourth-order valence-corrected chi connectivity index (χ4v) is 1.85. The van der Waals surface area contributed by atoms with Gasteiger partial charge in [-0.15, -0.1) is 0 Å². The van der Waals surface area contributed by atoms with Crippen LogP contribution in [0.5, 0.6) is 0 Å². The zero-order chi connectivity index (χ0) is 12.1. The van der Waals surface area contributed by atoms with Crippen LogP contribution in [0.1, 0.15) is 38.3 Å². The molecule has 0 aliphatic heterocycles. The lowest BCUT2D eigenvalue weighted by Gasteiger charge is -2.11. The number of pyridine rings is 1. The molecule has 0 spiro atoms. The Hall–Kier alpha value is -1.38. The van der Waals surface area contributed by atoms with E-state index in [-0.39, 0.29) is 6.23 Å². The van der Waals surface area contributed by atoms with Gasteiger partial charge >= 0.3 is 6.23 Å². The van der Waals surface area contributed by atoms with Crippen molar-refractivity contribution < 1.29 is 14.1 Å². The van der Waals surface area contributed by atoms with Crippen LogP contribution in [0.15, 0.2) is 18.3 Å². The van der Waals surface area contributed by atoms with Gasteiger partial charge in [0.1, 0.15) is 0 Å². The predicted octanol–water partition coefficient (Wildman–Crippen LogP) is 2.17. The SMILES string of the molecule is Cc1c(CC(C)C)ccc[n+]1C(C)OC=O. The van der Waals surface area contributed by atoms with Crippen molar-refractivity contribution in [3.8, 4) is 0 Å². The molecule has 0 bridgehead atoms. The molecule has 0 N–H and O–H groups in total. The fraction of sp³-hybridized carbons (Fsp3) is 0.538. The molecule has 1 unspecified atom stereocenters. The summed E-state index contributed by atoms with van der Waals surface area (Å²) in [5, 5.41) is 0. The summed E-state index contributed by atoms with van der Waals surface area (Å²) in [6.07, 6.45) is 2.73. The van der Waals surface area contributed by atoms with Gasteiger partial charge in [-0.3, -0.25) is 4.79 Å². The highest BCUT2D eigenvalue weighted by atomic mass is 16.5. The molecular weight excluding hydrogens is 202 g/mol. The number of ether oxygens (including phenoxy) is 1. The van der Waals surface area contributed by atoms with Crippen LogP contribution in [0.2, 0.25) is 0 Å². The number of aromatic nitrogens is 1. The highest BCUT2D eigenvalue weighted by Gasteiger charge is 2.18. The van der Waals surface area contributed by atoms with Gasteiger partial charge in [-0.25, -0.2) is 0 Å². The molecule has 0 aliphatic rings. The number of carbonyl (C=O) groups is 1. The van der Waals surface area contributed by atoms with Gasteiger partial charge in [0.15, 0.2) is 11.9 Å². The van der Waals surface area contributed by atoms with Gasteiger partial charge in [-0.2, -0.15) is 4.57 Å². The third-order valence-corrected chi connectivity index (χ3v) is 2.67. The van der Waals surface area contributed by atoms with E-state index in [0.717, 1.165) is 12.1 Å². The largest absolute Gasteiger partial charge is 0.405 e. The Morgan fingerprint density at radius 2 is 2.12 bits per heavy atom. The molecule has 1 heterocycles. The van der Waals surface area contributed by atoms with E-state index in [2.05, 4.69) is 26.8 Å². The molecule has 0 saturated carbocycles. The van der Waals surface area contributed by atoms with E-state index < -0.39 is 0 Å². The Labute approximate surface area is 97.1 Å². The van der Waals surface area contributed by atoms with Gasteiger partial charge in [-0.1, -0.05) is 13.8 Å². The Bertz CT molecular complexity index is 361. The second-order valence-electron chi connectivity index (χ2n) is 4.46. The molecule has 0 saturated heterocycles. The molecule has 0 aliphatic carbocycles. The maximum Gasteiger partial charge on any atom is 0.301 e. The quantitative estimate of drug-likeness (QED) is 0.564. The average Bonchev–Trinajstić information content (AvgIpc) is 2.21. The lowest BCUT2D eigenvalue weighted by atomic mass is 10.0. The zero-order valence-corrected chi connectivity index (χ0v) is 10.4. The number of hydrogen-bond donors (Lipinski definition) is 0. The third-order valence-electron chi connectivity index (χ3n) is 2.67. The van der Waals surface area contributed by atoms with E-state index >= 15 is 0 Å². The molecule has 3 nitrogen and oxygen atoms in total. The van der Waals surface area contributed by atoms with Gasteiger partial charge in [0.05, 0.1) is 0 Å². The molecule has 3 heteroatoms. The maximum absolute atomic E-state index is 10.3. The number of carbonyl (C=O) groups excluding carboxylic acids is 1. The minimum Gasteiger partial charge on any atom is -0.405 e. The molecule has 1 aromatic rings. The fourth-order valence-electron chi connectivity index (χ4n) is 1.85. The molecule has 1 aromatic heterocycles. The molecule has 0 fully saturated rings. The van der Waals surface area contributed by atoms with Crippen LogP contribution in [0.4, 0.5) is 0 Å². The van der Waals surface area contributed by atoms with Crippen LogP contribution in [0, 0.1) is 12.8 Å². The van der Waals surface area contributed by atoms with E-state index in [1.807, 2.05) is 23.8 Å². The summed E-state index contributed by atoms with van der Waals surface area (Å²) < 4.78 is 6.93. The van der Waals surface area contributed by atoms with Crippen LogP contribution >= 0.6 is 0 Å². The minimum absolute atomic E-state index is 0.246. The summed E-state index contributed by atoms with van der Waals surface area (Å²) in [6.45, 7) is 8.80. The molecule has 1 atom stereocenters. The number of hydrogen-bond acceptors (Lipinski definition) is 2. The van der Waals surface area contributed by atoms with Gasteiger partial charge < -0.3 is 4.74 Å². The maximum atomic E-state index is 10.3. The van der Waals surface area contributed by atoms with E-state index in [4.69, 9.17) is 4.74 Å². The summed E-state index contributed by atoms with van der Waals surface area (Å²) in [6, 6.07) is 4.12. The van der Waals surface area contributed by atoms with Crippen molar-refractivity contribution in [2.45, 2.75) is 40.3 Å². The van der Waals surface area contributed by atoms with Crippen LogP contribution in [-0.4, -0.2) is 6.47 Å². The minimum atomic E-state index is -0.246. The summed E-state index contributed by atoms with van der Waals surface area (Å²) in [4.78, 5) is 10.3. The monoisotopic (exact) mass is 222 g/mol. The molecule has 88 valence electrons. The first-order chi connectivity index (χ1) is 7.56. The highest BCUT2D eigenvalue weighted by molar-refractivity contribution is 5.36. The first kappa shape index (κ1) is 12.7. The summed E-state index contributed by atoms with van der Waals surface area (Å²) in [5.74, 6) is 0.622. The third kappa shape index (κ3) is 3.05. The van der Waals surface area contributed by atoms with Crippen molar-refractivity contribution >= 4 is 6.47 Å². The smallest absolute Gasteiger partial charge is 0.301 e. The van der Waals surface area contributed by atoms with E-state index in [0.29, 0.717) is 12.4 Å². The van der Waals surface area contributed by atoms with Crippen LogP contribution in [-0.2, 0) is 16.0 Å². The zero-order valence-electron chi connectivity index (χ0n) is 10.4. The van der Waals surface area contributed by atoms with Crippen molar-refractivity contribution in [1.82, 2.24) is 0 Å². The predicted molar refractivity (Wildman–Crippen MR) is 61.8 cm³/mol. The normalized spacial score (nSPS) is 12.6. The lowest BCUT2D eigenvalue weighted by molar-refractivity contribution is -0.758. The number of rotatable bonds is 5. The first-order valence-electron chi connectivity index (χ1n) is 5.65. The summed E-state index contributed by atoms with van der Waals surface area (Å²) in [7, 11) is 0. The van der Waals surface area contributed by atoms with Gasteiger partial charge in [0, 0.05) is 25.5 Å². The van der Waals surface area contributed by atoms with Crippen LogP contribution < -0.4 is 4.57 Å². The Morgan fingerprint density at radius 1 is 1.44 bits per heavy atom. The van der Waals surface area contributed by atoms with Gasteiger partial charge in [0.2, 0.25) is 0 Å².